The molecule has 1 aromatic rings. The van der Waals surface area contributed by atoms with Crippen molar-refractivity contribution in [3.05, 3.63) is 30.1 Å². The molecule has 0 unspecified atom stereocenters. The molecule has 14 heavy (non-hydrogen) atoms. The molecule has 0 amide bonds. The van der Waals surface area contributed by atoms with Crippen LogP contribution in [0, 0.1) is 0 Å². The molecule has 2 nitrogen and oxygen atoms in total. The molecule has 0 saturated heterocycles. The maximum Gasteiger partial charge on any atom is 0.390 e. The summed E-state index contributed by atoms with van der Waals surface area (Å²) in [5.41, 5.74) is 0.884. The highest BCUT2D eigenvalue weighted by atomic mass is 19.4. The van der Waals surface area contributed by atoms with Gasteiger partial charge in [-0.2, -0.15) is 13.2 Å². The van der Waals surface area contributed by atoms with E-state index in [0.29, 0.717) is 6.54 Å². The molecule has 0 aliphatic heterocycles. The Morgan fingerprint density at radius 3 is 2.71 bits per heavy atom. The molecular weight excluding hydrogens is 193 g/mol. The highest BCUT2D eigenvalue weighted by Crippen LogP contribution is 2.18. The lowest BCUT2D eigenvalue weighted by molar-refractivity contribution is -0.133. The fourth-order valence-electron chi connectivity index (χ4n) is 0.966. The molecule has 78 valence electrons. The second-order valence-corrected chi connectivity index (χ2v) is 2.90. The normalized spacial score (nSPS) is 11.6. The average molecular weight is 204 g/mol. The summed E-state index contributed by atoms with van der Waals surface area (Å²) < 4.78 is 35.2. The first kappa shape index (κ1) is 11.0. The third-order valence-electron chi connectivity index (χ3n) is 1.64. The molecule has 0 aliphatic carbocycles. The van der Waals surface area contributed by atoms with Gasteiger partial charge in [0.15, 0.2) is 0 Å². The van der Waals surface area contributed by atoms with Crippen LogP contribution in [0.15, 0.2) is 24.5 Å². The Kier molecular flexibility index (Phi) is 3.88. The molecule has 1 N–H and O–H groups in total. The van der Waals surface area contributed by atoms with Crippen molar-refractivity contribution in [2.75, 3.05) is 6.54 Å². The van der Waals surface area contributed by atoms with Gasteiger partial charge in [-0.15, -0.1) is 0 Å². The Morgan fingerprint density at radius 1 is 1.36 bits per heavy atom. The summed E-state index contributed by atoms with van der Waals surface area (Å²) in [6.45, 7) is 0.363. The minimum Gasteiger partial charge on any atom is -0.312 e. The molecule has 0 radical (unpaired) electrons. The van der Waals surface area contributed by atoms with Gasteiger partial charge in [-0.3, -0.25) is 4.98 Å². The van der Waals surface area contributed by atoms with Crippen LogP contribution in [0.25, 0.3) is 0 Å². The van der Waals surface area contributed by atoms with Crippen molar-refractivity contribution in [1.82, 2.24) is 10.3 Å². The molecule has 0 fully saturated rings. The number of nitrogens with zero attached hydrogens (tertiary/aromatic N) is 1. The molecule has 0 bridgehead atoms. The van der Waals surface area contributed by atoms with Crippen molar-refractivity contribution in [3.63, 3.8) is 0 Å². The summed E-state index contributed by atoms with van der Waals surface area (Å²) in [5.74, 6) is 0. The van der Waals surface area contributed by atoms with E-state index in [9.17, 15) is 13.2 Å². The number of hydrogen-bond donors (Lipinski definition) is 1. The van der Waals surface area contributed by atoms with Crippen molar-refractivity contribution in [2.24, 2.45) is 0 Å². The first-order chi connectivity index (χ1) is 6.58. The third kappa shape index (κ3) is 4.81. The smallest absolute Gasteiger partial charge is 0.312 e. The van der Waals surface area contributed by atoms with Gasteiger partial charge in [0, 0.05) is 25.5 Å². The summed E-state index contributed by atoms with van der Waals surface area (Å²) in [5, 5.41) is 2.70. The van der Waals surface area contributed by atoms with E-state index in [1.807, 2.05) is 6.07 Å². The van der Waals surface area contributed by atoms with Gasteiger partial charge in [-0.1, -0.05) is 6.07 Å². The first-order valence-corrected chi connectivity index (χ1v) is 4.24. The number of nitrogens with one attached hydrogen (secondary N) is 1. The van der Waals surface area contributed by atoms with Crippen LogP contribution in [-0.2, 0) is 6.54 Å². The zero-order valence-electron chi connectivity index (χ0n) is 7.51. The zero-order valence-corrected chi connectivity index (χ0v) is 7.51. The molecule has 0 aromatic carbocycles. The van der Waals surface area contributed by atoms with Crippen molar-refractivity contribution in [3.8, 4) is 0 Å². The molecule has 1 heterocycles. The predicted molar refractivity (Wildman–Crippen MR) is 46.6 cm³/mol. The number of aromatic nitrogens is 1. The van der Waals surface area contributed by atoms with Crippen molar-refractivity contribution < 1.29 is 13.2 Å². The highest BCUT2D eigenvalue weighted by Gasteiger charge is 2.25. The maximum atomic E-state index is 11.7. The molecule has 0 spiro atoms. The third-order valence-corrected chi connectivity index (χ3v) is 1.64. The van der Waals surface area contributed by atoms with Gasteiger partial charge in [-0.25, -0.2) is 0 Å². The van der Waals surface area contributed by atoms with E-state index >= 15 is 0 Å². The molecule has 0 saturated carbocycles. The van der Waals surface area contributed by atoms with Crippen LogP contribution in [0.4, 0.5) is 13.2 Å². The van der Waals surface area contributed by atoms with E-state index in [4.69, 9.17) is 0 Å². The van der Waals surface area contributed by atoms with Gasteiger partial charge >= 0.3 is 6.18 Å². The van der Waals surface area contributed by atoms with Crippen LogP contribution < -0.4 is 5.32 Å². The van der Waals surface area contributed by atoms with E-state index in [1.165, 1.54) is 0 Å². The first-order valence-electron chi connectivity index (χ1n) is 4.24. The number of rotatable bonds is 4. The minimum atomic E-state index is -4.08. The summed E-state index contributed by atoms with van der Waals surface area (Å²) in [7, 11) is 0. The number of pyridine rings is 1. The van der Waals surface area contributed by atoms with Crippen LogP contribution >= 0.6 is 0 Å². The summed E-state index contributed by atoms with van der Waals surface area (Å²) in [4.78, 5) is 3.85. The average Bonchev–Trinajstić information content (AvgIpc) is 2.13. The Labute approximate surface area is 80.2 Å². The Bertz CT molecular complexity index is 259. The van der Waals surface area contributed by atoms with Crippen molar-refractivity contribution >= 4 is 0 Å². The monoisotopic (exact) mass is 204 g/mol. The number of halogens is 3. The van der Waals surface area contributed by atoms with Gasteiger partial charge in [0.1, 0.15) is 0 Å². The Balaban J connectivity index is 2.17. The van der Waals surface area contributed by atoms with Crippen LogP contribution in [-0.4, -0.2) is 17.7 Å². The second kappa shape index (κ2) is 4.95. The van der Waals surface area contributed by atoms with Crippen LogP contribution in [0.3, 0.4) is 0 Å². The topological polar surface area (TPSA) is 24.9 Å². The molecule has 1 rings (SSSR count). The van der Waals surface area contributed by atoms with E-state index in [1.54, 1.807) is 18.5 Å². The quantitative estimate of drug-likeness (QED) is 0.760. The van der Waals surface area contributed by atoms with Gasteiger partial charge in [0.2, 0.25) is 0 Å². The van der Waals surface area contributed by atoms with E-state index in [2.05, 4.69) is 10.3 Å². The fraction of sp³-hybridized carbons (Fsp3) is 0.444. The molecule has 0 atom stereocenters. The van der Waals surface area contributed by atoms with Gasteiger partial charge < -0.3 is 5.32 Å². The van der Waals surface area contributed by atoms with Gasteiger partial charge in [0.05, 0.1) is 6.42 Å². The molecule has 1 aromatic heterocycles. The maximum absolute atomic E-state index is 11.7. The van der Waals surface area contributed by atoms with Gasteiger partial charge in [0.25, 0.3) is 0 Å². The summed E-state index contributed by atoms with van der Waals surface area (Å²) in [6.07, 6.45) is -1.63. The number of hydrogen-bond acceptors (Lipinski definition) is 2. The molecular formula is C9H11F3N2. The largest absolute Gasteiger partial charge is 0.390 e. The SMILES string of the molecule is FC(F)(F)CCNCc1cccnc1. The summed E-state index contributed by atoms with van der Waals surface area (Å²) >= 11 is 0. The minimum absolute atomic E-state index is 0.0571. The highest BCUT2D eigenvalue weighted by molar-refractivity contribution is 5.07. The van der Waals surface area contributed by atoms with Crippen LogP contribution in [0.1, 0.15) is 12.0 Å². The van der Waals surface area contributed by atoms with E-state index in [0.717, 1.165) is 5.56 Å². The van der Waals surface area contributed by atoms with Crippen molar-refractivity contribution in [1.29, 1.82) is 0 Å². The fourth-order valence-corrected chi connectivity index (χ4v) is 0.966. The lowest BCUT2D eigenvalue weighted by Crippen LogP contribution is -2.21. The Hall–Kier alpha value is -1.10. The lowest BCUT2D eigenvalue weighted by atomic mass is 10.3. The van der Waals surface area contributed by atoms with Crippen LogP contribution in [0.5, 0.6) is 0 Å². The van der Waals surface area contributed by atoms with E-state index < -0.39 is 12.6 Å². The van der Waals surface area contributed by atoms with Gasteiger partial charge in [-0.05, 0) is 11.6 Å². The Morgan fingerprint density at radius 2 is 2.14 bits per heavy atom. The molecule has 0 aliphatic rings. The second-order valence-electron chi connectivity index (χ2n) is 2.90. The van der Waals surface area contributed by atoms with Crippen LogP contribution in [0.2, 0.25) is 0 Å². The van der Waals surface area contributed by atoms with Crippen molar-refractivity contribution in [2.45, 2.75) is 19.1 Å². The van der Waals surface area contributed by atoms with E-state index in [-0.39, 0.29) is 6.54 Å². The summed E-state index contributed by atoms with van der Waals surface area (Å²) in [6, 6.07) is 3.56. The number of alkyl halides is 3. The zero-order chi connectivity index (χ0) is 10.4. The lowest BCUT2D eigenvalue weighted by Gasteiger charge is -2.07. The predicted octanol–water partition coefficient (Wildman–Crippen LogP) is 2.12. The standard InChI is InChI=1S/C9H11F3N2/c10-9(11,12)3-5-14-7-8-2-1-4-13-6-8/h1-2,4,6,14H,3,5,7H2. The molecule has 5 heteroatoms.